The summed E-state index contributed by atoms with van der Waals surface area (Å²) >= 11 is 0. The molecule has 0 saturated carbocycles. The molecule has 0 aromatic heterocycles. The van der Waals surface area contributed by atoms with E-state index in [2.05, 4.69) is 6.92 Å². The second-order valence-corrected chi connectivity index (χ2v) is 2.45. The van der Waals surface area contributed by atoms with Crippen LogP contribution in [0.4, 0.5) is 0 Å². The maximum absolute atomic E-state index is 8.77. The molecular weight excluding hydrogens is 116 g/mol. The molecule has 0 aliphatic carbocycles. The summed E-state index contributed by atoms with van der Waals surface area (Å²) in [5.41, 5.74) is 1.05. The van der Waals surface area contributed by atoms with Crippen LogP contribution in [-0.2, 0) is 4.74 Å². The molecule has 0 spiro atoms. The van der Waals surface area contributed by atoms with Gasteiger partial charge in [0.15, 0.2) is 0 Å². The molecule has 1 N–H and O–H groups in total. The third kappa shape index (κ3) is 1.08. The molecule has 52 valence electrons. The van der Waals surface area contributed by atoms with Crippen LogP contribution in [0.2, 0.25) is 0 Å². The molecular formula is C7H12O2. The third-order valence-corrected chi connectivity index (χ3v) is 1.77. The lowest BCUT2D eigenvalue weighted by atomic mass is 10.0. The van der Waals surface area contributed by atoms with E-state index in [1.54, 1.807) is 0 Å². The van der Waals surface area contributed by atoms with Gasteiger partial charge in [0.05, 0.1) is 19.0 Å². The number of hydrogen-bond donors (Lipinski definition) is 1. The summed E-state index contributed by atoms with van der Waals surface area (Å²) in [5.74, 6) is 1.32. The zero-order chi connectivity index (χ0) is 6.85. The third-order valence-electron chi connectivity index (χ3n) is 1.77. The lowest BCUT2D eigenvalue weighted by Gasteiger charge is -1.99. The van der Waals surface area contributed by atoms with E-state index in [1.807, 2.05) is 6.92 Å². The van der Waals surface area contributed by atoms with E-state index in [-0.39, 0.29) is 6.61 Å². The average Bonchev–Trinajstić information content (AvgIpc) is 2.12. The first kappa shape index (κ1) is 6.62. The Morgan fingerprint density at radius 3 is 2.67 bits per heavy atom. The van der Waals surface area contributed by atoms with Gasteiger partial charge in [-0.2, -0.15) is 0 Å². The fourth-order valence-corrected chi connectivity index (χ4v) is 1.06. The van der Waals surface area contributed by atoms with Crippen molar-refractivity contribution in [3.8, 4) is 0 Å². The molecule has 2 nitrogen and oxygen atoms in total. The SMILES string of the molecule is CC1=C(CO)[C@@H](C)CO1. The predicted octanol–water partition coefficient (Wildman–Crippen LogP) is 0.919. The molecule has 9 heavy (non-hydrogen) atoms. The van der Waals surface area contributed by atoms with Crippen LogP contribution < -0.4 is 0 Å². The van der Waals surface area contributed by atoms with Gasteiger partial charge in [0.2, 0.25) is 0 Å². The van der Waals surface area contributed by atoms with Crippen molar-refractivity contribution >= 4 is 0 Å². The van der Waals surface area contributed by atoms with Gasteiger partial charge in [-0.15, -0.1) is 0 Å². The van der Waals surface area contributed by atoms with Gasteiger partial charge < -0.3 is 9.84 Å². The molecule has 1 rings (SSSR count). The largest absolute Gasteiger partial charge is 0.498 e. The average molecular weight is 128 g/mol. The van der Waals surface area contributed by atoms with Crippen molar-refractivity contribution in [2.75, 3.05) is 13.2 Å². The van der Waals surface area contributed by atoms with E-state index < -0.39 is 0 Å². The van der Waals surface area contributed by atoms with Crippen molar-refractivity contribution in [3.63, 3.8) is 0 Å². The Morgan fingerprint density at radius 1 is 1.78 bits per heavy atom. The van der Waals surface area contributed by atoms with E-state index >= 15 is 0 Å². The number of aliphatic hydroxyl groups is 1. The second kappa shape index (κ2) is 2.40. The van der Waals surface area contributed by atoms with E-state index in [1.165, 1.54) is 0 Å². The molecule has 0 aromatic carbocycles. The van der Waals surface area contributed by atoms with E-state index in [0.29, 0.717) is 5.92 Å². The first-order valence-corrected chi connectivity index (χ1v) is 3.19. The lowest BCUT2D eigenvalue weighted by molar-refractivity contribution is 0.224. The van der Waals surface area contributed by atoms with Gasteiger partial charge in [0.1, 0.15) is 0 Å². The van der Waals surface area contributed by atoms with Crippen molar-refractivity contribution in [3.05, 3.63) is 11.3 Å². The minimum atomic E-state index is 0.146. The summed E-state index contributed by atoms with van der Waals surface area (Å²) in [7, 11) is 0. The highest BCUT2D eigenvalue weighted by molar-refractivity contribution is 5.14. The maximum Gasteiger partial charge on any atom is 0.0948 e. The Hall–Kier alpha value is -0.500. The maximum atomic E-state index is 8.77. The van der Waals surface area contributed by atoms with Gasteiger partial charge in [0, 0.05) is 5.92 Å². The highest BCUT2D eigenvalue weighted by atomic mass is 16.5. The van der Waals surface area contributed by atoms with Crippen LogP contribution in [0.1, 0.15) is 13.8 Å². The van der Waals surface area contributed by atoms with Crippen LogP contribution in [0.3, 0.4) is 0 Å². The molecule has 0 unspecified atom stereocenters. The smallest absolute Gasteiger partial charge is 0.0948 e. The Morgan fingerprint density at radius 2 is 2.44 bits per heavy atom. The highest BCUT2D eigenvalue weighted by Crippen LogP contribution is 2.23. The normalized spacial score (nSPS) is 26.8. The fraction of sp³-hybridized carbons (Fsp3) is 0.714. The molecule has 2 heteroatoms. The van der Waals surface area contributed by atoms with Crippen LogP contribution in [0, 0.1) is 5.92 Å². The number of ether oxygens (including phenoxy) is 1. The quantitative estimate of drug-likeness (QED) is 0.569. The summed E-state index contributed by atoms with van der Waals surface area (Å²) in [5, 5.41) is 8.77. The summed E-state index contributed by atoms with van der Waals surface area (Å²) in [6, 6.07) is 0. The molecule has 1 aliphatic heterocycles. The number of allylic oxidation sites excluding steroid dienone is 1. The van der Waals surface area contributed by atoms with E-state index in [4.69, 9.17) is 9.84 Å². The van der Waals surface area contributed by atoms with E-state index in [9.17, 15) is 0 Å². The van der Waals surface area contributed by atoms with Gasteiger partial charge in [-0.3, -0.25) is 0 Å². The molecule has 1 aliphatic rings. The standard InChI is InChI=1S/C7H12O2/c1-5-4-9-6(2)7(5)3-8/h5,8H,3-4H2,1-2H3/t5-/m0/s1. The van der Waals surface area contributed by atoms with Crippen LogP contribution in [0.25, 0.3) is 0 Å². The fourth-order valence-electron chi connectivity index (χ4n) is 1.06. The lowest BCUT2D eigenvalue weighted by Crippen LogP contribution is -2.01. The Labute approximate surface area is 55.1 Å². The van der Waals surface area contributed by atoms with Crippen LogP contribution in [-0.4, -0.2) is 18.3 Å². The molecule has 0 amide bonds. The highest BCUT2D eigenvalue weighted by Gasteiger charge is 2.18. The van der Waals surface area contributed by atoms with Crippen LogP contribution in [0.5, 0.6) is 0 Å². The zero-order valence-corrected chi connectivity index (χ0v) is 5.85. The number of hydrogen-bond acceptors (Lipinski definition) is 2. The first-order chi connectivity index (χ1) is 4.25. The number of rotatable bonds is 1. The number of aliphatic hydroxyl groups excluding tert-OH is 1. The predicted molar refractivity (Wildman–Crippen MR) is 34.9 cm³/mol. The first-order valence-electron chi connectivity index (χ1n) is 3.19. The van der Waals surface area contributed by atoms with Gasteiger partial charge in [0.25, 0.3) is 0 Å². The summed E-state index contributed by atoms with van der Waals surface area (Å²) in [6.07, 6.45) is 0. The molecule has 0 saturated heterocycles. The van der Waals surface area contributed by atoms with Crippen molar-refractivity contribution in [2.24, 2.45) is 5.92 Å². The van der Waals surface area contributed by atoms with Crippen molar-refractivity contribution in [1.29, 1.82) is 0 Å². The van der Waals surface area contributed by atoms with Crippen LogP contribution in [0.15, 0.2) is 11.3 Å². The Balaban J connectivity index is 2.69. The molecule has 0 radical (unpaired) electrons. The van der Waals surface area contributed by atoms with Crippen molar-refractivity contribution < 1.29 is 9.84 Å². The topological polar surface area (TPSA) is 29.5 Å². The van der Waals surface area contributed by atoms with Gasteiger partial charge in [-0.1, -0.05) is 6.92 Å². The Kier molecular flexibility index (Phi) is 1.76. The van der Waals surface area contributed by atoms with Gasteiger partial charge in [-0.25, -0.2) is 0 Å². The van der Waals surface area contributed by atoms with Crippen molar-refractivity contribution in [1.82, 2.24) is 0 Å². The summed E-state index contributed by atoms with van der Waals surface area (Å²) in [6.45, 7) is 4.84. The second-order valence-electron chi connectivity index (χ2n) is 2.45. The van der Waals surface area contributed by atoms with Crippen molar-refractivity contribution in [2.45, 2.75) is 13.8 Å². The molecule has 0 bridgehead atoms. The molecule has 1 heterocycles. The minimum Gasteiger partial charge on any atom is -0.498 e. The monoisotopic (exact) mass is 128 g/mol. The minimum absolute atomic E-state index is 0.146. The van der Waals surface area contributed by atoms with Gasteiger partial charge in [-0.05, 0) is 12.5 Å². The van der Waals surface area contributed by atoms with Crippen LogP contribution >= 0.6 is 0 Å². The Bertz CT molecular complexity index is 138. The molecule has 1 atom stereocenters. The zero-order valence-electron chi connectivity index (χ0n) is 5.85. The molecule has 0 fully saturated rings. The van der Waals surface area contributed by atoms with Gasteiger partial charge >= 0.3 is 0 Å². The summed E-state index contributed by atoms with van der Waals surface area (Å²) in [4.78, 5) is 0. The summed E-state index contributed by atoms with van der Waals surface area (Å²) < 4.78 is 5.19. The molecule has 0 aromatic rings. The van der Waals surface area contributed by atoms with E-state index in [0.717, 1.165) is 17.9 Å².